The number of carbonyl (C=O) groups excluding carboxylic acids is 1. The van der Waals surface area contributed by atoms with E-state index in [2.05, 4.69) is 0 Å². The van der Waals surface area contributed by atoms with Gasteiger partial charge in [-0.25, -0.2) is 0 Å². The van der Waals surface area contributed by atoms with E-state index in [-0.39, 0.29) is 6.04 Å². The smallest absolute Gasteiger partial charge is 0.144 e. The Hall–Kier alpha value is -1.93. The number of hydrogen-bond acceptors (Lipinski definition) is 2. The molecule has 0 unspecified atom stereocenters. The van der Waals surface area contributed by atoms with Crippen molar-refractivity contribution in [3.05, 3.63) is 71.8 Å². The molecule has 2 aromatic rings. The lowest BCUT2D eigenvalue weighted by Gasteiger charge is -2.37. The summed E-state index contributed by atoms with van der Waals surface area (Å²) in [6.07, 6.45) is 0.394. The number of benzene rings is 2. The molecule has 1 atom stereocenters. The summed E-state index contributed by atoms with van der Waals surface area (Å²) in [6.45, 7) is -0.675. The summed E-state index contributed by atoms with van der Waals surface area (Å²) in [6, 6.07) is 18.5. The zero-order chi connectivity index (χ0) is 18.7. The molecular weight excluding hydrogens is 270 g/mol. The van der Waals surface area contributed by atoms with Crippen LogP contribution in [0.3, 0.4) is 0 Å². The zero-order valence-electron chi connectivity index (χ0n) is 16.4. The van der Waals surface area contributed by atoms with Crippen molar-refractivity contribution in [2.24, 2.45) is 0 Å². The van der Waals surface area contributed by atoms with Crippen molar-refractivity contribution in [3.8, 4) is 0 Å². The third-order valence-electron chi connectivity index (χ3n) is 4.40. The van der Waals surface area contributed by atoms with E-state index in [1.807, 2.05) is 86.6 Å². The SMILES string of the molecule is [2H]C([2H])([2H])C(=O)C(C[C@@H](C)N(C)C)(c1ccccc1)c1ccccc1. The number of ketones is 1. The molecule has 0 radical (unpaired) electrons. The first kappa shape index (κ1) is 12.6. The van der Waals surface area contributed by atoms with Crippen LogP contribution in [0.4, 0.5) is 0 Å². The van der Waals surface area contributed by atoms with Crippen LogP contribution in [-0.4, -0.2) is 30.8 Å². The van der Waals surface area contributed by atoms with Crippen molar-refractivity contribution in [2.75, 3.05) is 14.1 Å². The first-order chi connectivity index (χ1) is 11.7. The monoisotopic (exact) mass is 298 g/mol. The second-order valence-electron chi connectivity index (χ2n) is 5.98. The molecule has 22 heavy (non-hydrogen) atoms. The fourth-order valence-electron chi connectivity index (χ4n) is 2.83. The standard InChI is InChI=1S/C20H25NO/c1-16(21(3)4)15-20(17(2)22,18-11-7-5-8-12-18)19-13-9-6-10-14-19/h5-14,16H,15H2,1-4H3/t16-/m1/s1/i2D3. The second-order valence-corrected chi connectivity index (χ2v) is 5.98. The van der Waals surface area contributed by atoms with Gasteiger partial charge < -0.3 is 4.90 Å². The minimum absolute atomic E-state index is 0.0201. The lowest BCUT2D eigenvalue weighted by atomic mass is 9.68. The fourth-order valence-corrected chi connectivity index (χ4v) is 2.83. The van der Waals surface area contributed by atoms with Crippen LogP contribution in [-0.2, 0) is 10.2 Å². The van der Waals surface area contributed by atoms with Gasteiger partial charge in [-0.1, -0.05) is 60.7 Å². The van der Waals surface area contributed by atoms with E-state index in [9.17, 15) is 4.79 Å². The molecule has 0 aliphatic carbocycles. The number of Topliss-reactive ketones (excluding diaryl/α,β-unsaturated/α-hetero) is 1. The minimum Gasteiger partial charge on any atom is -0.307 e. The summed E-state index contributed by atoms with van der Waals surface area (Å²) in [5.41, 5.74) is 0.226. The number of hydrogen-bond donors (Lipinski definition) is 0. The fraction of sp³-hybridized carbons (Fsp3) is 0.350. The molecule has 0 spiro atoms. The van der Waals surface area contributed by atoms with Crippen molar-refractivity contribution in [2.45, 2.75) is 31.7 Å². The molecule has 116 valence electrons. The second kappa shape index (κ2) is 6.89. The zero-order valence-corrected chi connectivity index (χ0v) is 13.4. The van der Waals surface area contributed by atoms with E-state index in [1.54, 1.807) is 0 Å². The highest BCUT2D eigenvalue weighted by atomic mass is 16.1. The topological polar surface area (TPSA) is 20.3 Å². The Morgan fingerprint density at radius 1 is 1.05 bits per heavy atom. The molecule has 0 amide bonds. The Bertz CT molecular complexity index is 656. The van der Waals surface area contributed by atoms with Gasteiger partial charge in [0.2, 0.25) is 0 Å². The van der Waals surface area contributed by atoms with Gasteiger partial charge in [0.05, 0.1) is 5.41 Å². The summed E-state index contributed by atoms with van der Waals surface area (Å²) in [5, 5.41) is 0. The molecule has 0 aromatic heterocycles. The van der Waals surface area contributed by atoms with Crippen molar-refractivity contribution >= 4 is 5.78 Å². The Balaban J connectivity index is 2.76. The van der Waals surface area contributed by atoms with Crippen molar-refractivity contribution in [3.63, 3.8) is 0 Å². The molecule has 0 heterocycles. The predicted octanol–water partition coefficient (Wildman–Crippen LogP) is 3.90. The normalized spacial score (nSPS) is 15.7. The Labute approximate surface area is 138 Å². The number of carbonyl (C=O) groups is 1. The largest absolute Gasteiger partial charge is 0.307 e. The van der Waals surface area contributed by atoms with Crippen LogP contribution >= 0.6 is 0 Å². The van der Waals surface area contributed by atoms with E-state index >= 15 is 0 Å². The van der Waals surface area contributed by atoms with Gasteiger partial charge in [0, 0.05) is 10.2 Å². The van der Waals surface area contributed by atoms with Gasteiger partial charge in [-0.2, -0.15) is 0 Å². The number of rotatable bonds is 6. The van der Waals surface area contributed by atoms with E-state index < -0.39 is 18.1 Å². The molecule has 2 rings (SSSR count). The maximum absolute atomic E-state index is 13.3. The van der Waals surface area contributed by atoms with Crippen LogP contribution in [0.1, 0.15) is 35.4 Å². The molecule has 0 saturated carbocycles. The van der Waals surface area contributed by atoms with Gasteiger partial charge in [0.1, 0.15) is 5.78 Å². The minimum atomic E-state index is -2.68. The molecule has 0 aliphatic rings. The summed E-state index contributed by atoms with van der Waals surface area (Å²) in [5.74, 6) is -0.730. The highest BCUT2D eigenvalue weighted by Gasteiger charge is 2.40. The molecule has 2 heteroatoms. The highest BCUT2D eigenvalue weighted by Crippen LogP contribution is 2.38. The Kier molecular flexibility index (Phi) is 3.94. The van der Waals surface area contributed by atoms with Crippen LogP contribution in [0, 0.1) is 0 Å². The Morgan fingerprint density at radius 3 is 1.86 bits per heavy atom. The molecule has 0 saturated heterocycles. The van der Waals surface area contributed by atoms with Gasteiger partial charge in [-0.15, -0.1) is 0 Å². The van der Waals surface area contributed by atoms with Crippen molar-refractivity contribution in [1.29, 1.82) is 0 Å². The lowest BCUT2D eigenvalue weighted by Crippen LogP contribution is -2.42. The van der Waals surface area contributed by atoms with Gasteiger partial charge >= 0.3 is 0 Å². The third-order valence-corrected chi connectivity index (χ3v) is 4.40. The lowest BCUT2D eigenvalue weighted by molar-refractivity contribution is -0.121. The molecule has 2 aromatic carbocycles. The summed E-state index contributed by atoms with van der Waals surface area (Å²) in [4.78, 5) is 15.3. The summed E-state index contributed by atoms with van der Waals surface area (Å²) >= 11 is 0. The number of nitrogens with zero attached hydrogens (tertiary/aromatic N) is 1. The van der Waals surface area contributed by atoms with Crippen LogP contribution < -0.4 is 0 Å². The maximum atomic E-state index is 13.3. The van der Waals surface area contributed by atoms with Crippen LogP contribution in [0.15, 0.2) is 60.7 Å². The van der Waals surface area contributed by atoms with Crippen LogP contribution in [0.2, 0.25) is 0 Å². The average Bonchev–Trinajstić information content (AvgIpc) is 2.59. The van der Waals surface area contributed by atoms with E-state index in [0.717, 1.165) is 11.1 Å². The van der Waals surface area contributed by atoms with Gasteiger partial charge in [0.15, 0.2) is 0 Å². The quantitative estimate of drug-likeness (QED) is 0.806. The van der Waals surface area contributed by atoms with Crippen molar-refractivity contribution in [1.82, 2.24) is 4.90 Å². The van der Waals surface area contributed by atoms with Gasteiger partial charge in [0.25, 0.3) is 0 Å². The van der Waals surface area contributed by atoms with Crippen LogP contribution in [0.5, 0.6) is 0 Å². The average molecular weight is 298 g/mol. The molecular formula is C20H25NO. The third kappa shape index (κ3) is 3.12. The molecule has 0 fully saturated rings. The summed E-state index contributed by atoms with van der Waals surface area (Å²) in [7, 11) is 3.87. The summed E-state index contributed by atoms with van der Waals surface area (Å²) < 4.78 is 23.4. The molecule has 0 bridgehead atoms. The predicted molar refractivity (Wildman–Crippen MR) is 92.1 cm³/mol. The maximum Gasteiger partial charge on any atom is 0.144 e. The van der Waals surface area contributed by atoms with Crippen molar-refractivity contribution < 1.29 is 8.91 Å². The van der Waals surface area contributed by atoms with E-state index in [1.165, 1.54) is 0 Å². The van der Waals surface area contributed by atoms with Gasteiger partial charge in [-0.3, -0.25) is 4.79 Å². The Morgan fingerprint density at radius 2 is 1.50 bits per heavy atom. The first-order valence-corrected chi connectivity index (χ1v) is 7.52. The molecule has 0 aliphatic heterocycles. The van der Waals surface area contributed by atoms with Crippen LogP contribution in [0.25, 0.3) is 0 Å². The first-order valence-electron chi connectivity index (χ1n) is 9.02. The van der Waals surface area contributed by atoms with E-state index in [0.29, 0.717) is 6.42 Å². The molecule has 0 N–H and O–H groups in total. The van der Waals surface area contributed by atoms with E-state index in [4.69, 9.17) is 4.11 Å². The van der Waals surface area contributed by atoms with Gasteiger partial charge in [-0.05, 0) is 45.4 Å². The molecule has 2 nitrogen and oxygen atoms in total. The highest BCUT2D eigenvalue weighted by molar-refractivity contribution is 5.92.